The minimum Gasteiger partial charge on any atom is -0.376 e. The summed E-state index contributed by atoms with van der Waals surface area (Å²) in [6, 6.07) is 12.4. The summed E-state index contributed by atoms with van der Waals surface area (Å²) in [7, 11) is 0. The molecule has 0 spiro atoms. The van der Waals surface area contributed by atoms with Gasteiger partial charge in [-0.1, -0.05) is 12.1 Å². The molecule has 2 N–H and O–H groups in total. The highest BCUT2D eigenvalue weighted by Gasteiger charge is 2.14. The number of carbonyl (C=O) groups excluding carboxylic acids is 1. The van der Waals surface area contributed by atoms with E-state index in [0.29, 0.717) is 5.69 Å². The van der Waals surface area contributed by atoms with Crippen molar-refractivity contribution >= 4 is 34.7 Å². The summed E-state index contributed by atoms with van der Waals surface area (Å²) in [6.45, 7) is -0.153. The van der Waals surface area contributed by atoms with Crippen molar-refractivity contribution in [1.82, 2.24) is 0 Å². The highest BCUT2D eigenvalue weighted by molar-refractivity contribution is 7.99. The van der Waals surface area contributed by atoms with Gasteiger partial charge >= 0.3 is 5.69 Å². The number of nitro groups is 1. The van der Waals surface area contributed by atoms with Gasteiger partial charge in [-0.3, -0.25) is 14.9 Å². The van der Waals surface area contributed by atoms with E-state index in [1.807, 2.05) is 6.07 Å². The van der Waals surface area contributed by atoms with Gasteiger partial charge in [-0.15, -0.1) is 11.8 Å². The monoisotopic (exact) mass is 360 g/mol. The number of benzene rings is 2. The maximum Gasteiger partial charge on any atom is 0.306 e. The molecule has 0 unspecified atom stereocenters. The maximum atomic E-state index is 13.3. The van der Waals surface area contributed by atoms with Crippen LogP contribution in [0.1, 0.15) is 0 Å². The van der Waals surface area contributed by atoms with Crippen molar-refractivity contribution < 1.29 is 14.1 Å². The Balaban J connectivity index is 1.99. The van der Waals surface area contributed by atoms with E-state index in [1.165, 1.54) is 17.8 Å². The molecule has 0 heterocycles. The zero-order valence-corrected chi connectivity index (χ0v) is 13.7. The van der Waals surface area contributed by atoms with Crippen LogP contribution in [0.25, 0.3) is 0 Å². The normalized spacial score (nSPS) is 9.92. The van der Waals surface area contributed by atoms with E-state index in [4.69, 9.17) is 5.26 Å². The van der Waals surface area contributed by atoms with Gasteiger partial charge in [0.05, 0.1) is 29.0 Å². The van der Waals surface area contributed by atoms with Crippen LogP contribution in [0.2, 0.25) is 0 Å². The molecule has 0 saturated heterocycles. The first kappa shape index (κ1) is 18.2. The molecule has 0 atom stereocenters. The number of hydrogen-bond acceptors (Lipinski definition) is 6. The van der Waals surface area contributed by atoms with Crippen molar-refractivity contribution in [2.75, 3.05) is 22.9 Å². The number of thioether (sulfide) groups is 1. The lowest BCUT2D eigenvalue weighted by atomic mass is 10.2. The van der Waals surface area contributed by atoms with Gasteiger partial charge < -0.3 is 10.6 Å². The number of nitrogens with one attached hydrogen (secondary N) is 2. The lowest BCUT2D eigenvalue weighted by Gasteiger charge is -2.11. The fraction of sp³-hybridized carbons (Fsp3) is 0.125. The molecule has 0 aromatic heterocycles. The fourth-order valence-electron chi connectivity index (χ4n) is 1.95. The molecule has 0 aliphatic heterocycles. The fourth-order valence-corrected chi connectivity index (χ4v) is 2.61. The van der Waals surface area contributed by atoms with Crippen LogP contribution in [0.15, 0.2) is 47.4 Å². The summed E-state index contributed by atoms with van der Waals surface area (Å²) in [5.74, 6) is -1.06. The molecule has 0 aliphatic carbocycles. The molecule has 0 radical (unpaired) electrons. The van der Waals surface area contributed by atoms with E-state index in [1.54, 1.807) is 24.3 Å². The predicted molar refractivity (Wildman–Crippen MR) is 93.0 cm³/mol. The SMILES string of the molecule is N#CCSc1ccccc1NC(=O)CNc1ccc(F)c([N+](=O)[O-])c1. The zero-order valence-electron chi connectivity index (χ0n) is 12.9. The minimum atomic E-state index is -0.941. The summed E-state index contributed by atoms with van der Waals surface area (Å²) in [4.78, 5) is 22.7. The highest BCUT2D eigenvalue weighted by Crippen LogP contribution is 2.26. The van der Waals surface area contributed by atoms with Crippen molar-refractivity contribution in [1.29, 1.82) is 5.26 Å². The molecule has 1 amide bonds. The highest BCUT2D eigenvalue weighted by atomic mass is 32.2. The second kappa shape index (κ2) is 8.65. The number of halogens is 1. The number of hydrogen-bond donors (Lipinski definition) is 2. The van der Waals surface area contributed by atoms with Gasteiger partial charge in [0.25, 0.3) is 0 Å². The van der Waals surface area contributed by atoms with E-state index < -0.39 is 16.4 Å². The molecule has 128 valence electrons. The average Bonchev–Trinajstić information content (AvgIpc) is 2.60. The van der Waals surface area contributed by atoms with Crippen molar-refractivity contribution in [2.24, 2.45) is 0 Å². The number of amides is 1. The van der Waals surface area contributed by atoms with Crippen LogP contribution >= 0.6 is 11.8 Å². The molecule has 25 heavy (non-hydrogen) atoms. The molecular weight excluding hydrogens is 347 g/mol. The number of rotatable bonds is 7. The second-order valence-electron chi connectivity index (χ2n) is 4.77. The van der Waals surface area contributed by atoms with E-state index >= 15 is 0 Å². The van der Waals surface area contributed by atoms with Gasteiger partial charge in [-0.25, -0.2) is 0 Å². The van der Waals surface area contributed by atoms with Gasteiger partial charge in [0, 0.05) is 16.6 Å². The first-order valence-corrected chi connectivity index (χ1v) is 8.06. The summed E-state index contributed by atoms with van der Waals surface area (Å²) < 4.78 is 13.3. The molecular formula is C16H13FN4O3S. The number of carbonyl (C=O) groups is 1. The number of anilines is 2. The molecule has 0 fully saturated rings. The van der Waals surface area contributed by atoms with E-state index in [-0.39, 0.29) is 23.9 Å². The van der Waals surface area contributed by atoms with Crippen LogP contribution < -0.4 is 10.6 Å². The topological polar surface area (TPSA) is 108 Å². The number of nitriles is 1. The third-order valence-electron chi connectivity index (χ3n) is 3.05. The van der Waals surface area contributed by atoms with Crippen molar-refractivity contribution in [3.8, 4) is 6.07 Å². The maximum absolute atomic E-state index is 13.3. The quantitative estimate of drug-likeness (QED) is 0.445. The Bertz CT molecular complexity index is 838. The van der Waals surface area contributed by atoms with Crippen LogP contribution in [0.5, 0.6) is 0 Å². The number of para-hydroxylation sites is 1. The molecule has 2 rings (SSSR count). The predicted octanol–water partition coefficient (Wildman–Crippen LogP) is 3.40. The molecule has 0 aliphatic rings. The van der Waals surface area contributed by atoms with Crippen molar-refractivity contribution in [2.45, 2.75) is 4.90 Å². The number of nitrogens with zero attached hydrogens (tertiary/aromatic N) is 2. The van der Waals surface area contributed by atoms with Crippen LogP contribution in [-0.4, -0.2) is 23.1 Å². The van der Waals surface area contributed by atoms with Gasteiger partial charge in [0.2, 0.25) is 11.7 Å². The van der Waals surface area contributed by atoms with Crippen LogP contribution in [0.4, 0.5) is 21.5 Å². The summed E-state index contributed by atoms with van der Waals surface area (Å²) in [6.07, 6.45) is 0. The Labute approximate surface area is 147 Å². The van der Waals surface area contributed by atoms with Gasteiger partial charge in [0.1, 0.15) is 0 Å². The van der Waals surface area contributed by atoms with Crippen molar-refractivity contribution in [3.05, 3.63) is 58.4 Å². The molecule has 7 nitrogen and oxygen atoms in total. The summed E-state index contributed by atoms with van der Waals surface area (Å²) in [5.41, 5.74) is 0.165. The summed E-state index contributed by atoms with van der Waals surface area (Å²) >= 11 is 1.30. The first-order chi connectivity index (χ1) is 12.0. The molecule has 9 heteroatoms. The lowest BCUT2D eigenvalue weighted by molar-refractivity contribution is -0.387. The largest absolute Gasteiger partial charge is 0.376 e. The van der Waals surface area contributed by atoms with Gasteiger partial charge in [0.15, 0.2) is 0 Å². The number of nitro benzene ring substituents is 1. The van der Waals surface area contributed by atoms with E-state index in [2.05, 4.69) is 10.6 Å². The minimum absolute atomic E-state index is 0.153. The third kappa shape index (κ3) is 5.19. The van der Waals surface area contributed by atoms with Crippen molar-refractivity contribution in [3.63, 3.8) is 0 Å². The van der Waals surface area contributed by atoms with Crippen LogP contribution in [-0.2, 0) is 4.79 Å². The standard InChI is InChI=1S/C16H13FN4O3S/c17-12-6-5-11(9-14(12)21(23)24)19-10-16(22)20-13-3-1-2-4-15(13)25-8-7-18/h1-6,9,19H,8,10H2,(H,20,22). The van der Waals surface area contributed by atoms with Crippen LogP contribution in [0, 0.1) is 27.3 Å². The average molecular weight is 360 g/mol. The third-order valence-corrected chi connectivity index (χ3v) is 3.99. The Kier molecular flexibility index (Phi) is 6.31. The smallest absolute Gasteiger partial charge is 0.306 e. The Hall–Kier alpha value is -3.12. The Morgan fingerprint density at radius 3 is 2.80 bits per heavy atom. The van der Waals surface area contributed by atoms with Crippen LogP contribution in [0.3, 0.4) is 0 Å². The molecule has 2 aromatic rings. The van der Waals surface area contributed by atoms with Gasteiger partial charge in [-0.05, 0) is 24.3 Å². The molecule has 0 saturated carbocycles. The van der Waals surface area contributed by atoms with E-state index in [9.17, 15) is 19.3 Å². The van der Waals surface area contributed by atoms with Gasteiger partial charge in [-0.2, -0.15) is 9.65 Å². The Morgan fingerprint density at radius 2 is 2.08 bits per heavy atom. The lowest BCUT2D eigenvalue weighted by Crippen LogP contribution is -2.22. The molecule has 2 aromatic carbocycles. The Morgan fingerprint density at radius 1 is 1.32 bits per heavy atom. The van der Waals surface area contributed by atoms with E-state index in [0.717, 1.165) is 17.0 Å². The second-order valence-corrected chi connectivity index (χ2v) is 5.79. The first-order valence-electron chi connectivity index (χ1n) is 7.07. The summed E-state index contributed by atoms with van der Waals surface area (Å²) in [5, 5.41) is 24.8. The molecule has 0 bridgehead atoms. The zero-order chi connectivity index (χ0) is 18.2.